The van der Waals surface area contributed by atoms with E-state index in [9.17, 15) is 18.4 Å². The van der Waals surface area contributed by atoms with Crippen LogP contribution in [0.15, 0.2) is 18.2 Å². The number of benzene rings is 1. The number of aliphatic carboxylic acids is 1. The van der Waals surface area contributed by atoms with Gasteiger partial charge in [-0.3, -0.25) is 4.79 Å². The summed E-state index contributed by atoms with van der Waals surface area (Å²) in [4.78, 5) is 24.4. The summed E-state index contributed by atoms with van der Waals surface area (Å²) in [5.41, 5.74) is 0.0547. The van der Waals surface area contributed by atoms with E-state index < -0.39 is 29.6 Å². The maximum absolute atomic E-state index is 13.5. The summed E-state index contributed by atoms with van der Waals surface area (Å²) >= 11 is 0. The minimum atomic E-state index is -1.11. The summed E-state index contributed by atoms with van der Waals surface area (Å²) in [5.74, 6) is -3.11. The number of piperazine rings is 1. The lowest BCUT2D eigenvalue weighted by Gasteiger charge is -2.33. The van der Waals surface area contributed by atoms with Gasteiger partial charge in [0.2, 0.25) is 5.91 Å². The zero-order valence-corrected chi connectivity index (χ0v) is 10.6. The van der Waals surface area contributed by atoms with Gasteiger partial charge in [-0.25, -0.2) is 13.6 Å². The number of carbonyl (C=O) groups excluding carboxylic acids is 1. The first kappa shape index (κ1) is 14.4. The van der Waals surface area contributed by atoms with E-state index >= 15 is 0 Å². The molecule has 1 atom stereocenters. The fraction of sp³-hybridized carbons (Fsp3) is 0.385. The van der Waals surface area contributed by atoms with Crippen molar-refractivity contribution in [3.05, 3.63) is 35.4 Å². The lowest BCUT2D eigenvalue weighted by atomic mass is 10.1. The fourth-order valence-electron chi connectivity index (χ4n) is 2.15. The van der Waals surface area contributed by atoms with Gasteiger partial charge in [-0.15, -0.1) is 0 Å². The highest BCUT2D eigenvalue weighted by molar-refractivity contribution is 5.85. The van der Waals surface area contributed by atoms with Crippen molar-refractivity contribution < 1.29 is 23.5 Å². The Bertz CT molecular complexity index is 536. The molecule has 1 heterocycles. The third kappa shape index (κ3) is 3.11. The van der Waals surface area contributed by atoms with E-state index in [1.165, 1.54) is 11.0 Å². The minimum absolute atomic E-state index is 0.0547. The molecule has 0 aliphatic carbocycles. The van der Waals surface area contributed by atoms with Crippen LogP contribution in [0.2, 0.25) is 0 Å². The molecule has 0 saturated carbocycles. The number of carbonyl (C=O) groups is 2. The fourth-order valence-corrected chi connectivity index (χ4v) is 2.15. The second-order valence-electron chi connectivity index (χ2n) is 4.56. The summed E-state index contributed by atoms with van der Waals surface area (Å²) in [6.07, 6.45) is -0.282. The summed E-state index contributed by atoms with van der Waals surface area (Å²) in [6, 6.07) is 2.01. The Labute approximate surface area is 114 Å². The van der Waals surface area contributed by atoms with Crippen LogP contribution in [0, 0.1) is 11.6 Å². The van der Waals surface area contributed by atoms with E-state index in [0.717, 1.165) is 6.07 Å². The number of amides is 1. The highest BCUT2D eigenvalue weighted by Crippen LogP contribution is 2.13. The van der Waals surface area contributed by atoms with E-state index in [1.54, 1.807) is 0 Å². The molecule has 1 aromatic rings. The van der Waals surface area contributed by atoms with Crippen LogP contribution in [-0.4, -0.2) is 47.6 Å². The van der Waals surface area contributed by atoms with Crippen LogP contribution >= 0.6 is 0 Å². The van der Waals surface area contributed by atoms with Gasteiger partial charge in [-0.2, -0.15) is 0 Å². The molecule has 5 nitrogen and oxygen atoms in total. The maximum Gasteiger partial charge on any atom is 0.327 e. The SMILES string of the molecule is O=C(O)C1CNCCN1C(=O)Cc1ccc(F)cc1F. The molecule has 108 valence electrons. The van der Waals surface area contributed by atoms with Gasteiger partial charge < -0.3 is 15.3 Å². The first-order chi connectivity index (χ1) is 9.49. The van der Waals surface area contributed by atoms with E-state index in [0.29, 0.717) is 12.6 Å². The van der Waals surface area contributed by atoms with Crippen molar-refractivity contribution >= 4 is 11.9 Å². The minimum Gasteiger partial charge on any atom is -0.480 e. The van der Waals surface area contributed by atoms with Crippen molar-refractivity contribution in [3.63, 3.8) is 0 Å². The van der Waals surface area contributed by atoms with Crippen LogP contribution in [0.25, 0.3) is 0 Å². The Hall–Kier alpha value is -2.02. The number of carboxylic acid groups (broad SMARTS) is 1. The van der Waals surface area contributed by atoms with Crippen LogP contribution in [0.3, 0.4) is 0 Å². The van der Waals surface area contributed by atoms with Gasteiger partial charge in [0.25, 0.3) is 0 Å². The first-order valence-corrected chi connectivity index (χ1v) is 6.16. The zero-order chi connectivity index (χ0) is 14.7. The van der Waals surface area contributed by atoms with Crippen molar-refractivity contribution in [3.8, 4) is 0 Å². The van der Waals surface area contributed by atoms with Crippen molar-refractivity contribution in [2.75, 3.05) is 19.6 Å². The van der Waals surface area contributed by atoms with Gasteiger partial charge in [-0.1, -0.05) is 6.07 Å². The number of hydrogen-bond acceptors (Lipinski definition) is 3. The summed E-state index contributed by atoms with van der Waals surface area (Å²) in [5, 5.41) is 11.9. The Kier molecular flexibility index (Phi) is 4.29. The average Bonchev–Trinajstić information content (AvgIpc) is 2.41. The van der Waals surface area contributed by atoms with Gasteiger partial charge in [0, 0.05) is 25.7 Å². The number of nitrogens with one attached hydrogen (secondary N) is 1. The molecular formula is C13H14F2N2O3. The van der Waals surface area contributed by atoms with Crippen molar-refractivity contribution in [1.29, 1.82) is 0 Å². The molecule has 0 spiro atoms. The molecule has 7 heteroatoms. The van der Waals surface area contributed by atoms with Gasteiger partial charge in [0.15, 0.2) is 0 Å². The van der Waals surface area contributed by atoms with E-state index in [4.69, 9.17) is 5.11 Å². The molecule has 0 aromatic heterocycles. The van der Waals surface area contributed by atoms with Gasteiger partial charge in [-0.05, 0) is 11.6 Å². The number of rotatable bonds is 3. The molecule has 1 fully saturated rings. The Morgan fingerprint density at radius 3 is 2.80 bits per heavy atom. The maximum atomic E-state index is 13.5. The largest absolute Gasteiger partial charge is 0.480 e. The third-order valence-corrected chi connectivity index (χ3v) is 3.21. The molecule has 1 aromatic carbocycles. The third-order valence-electron chi connectivity index (χ3n) is 3.21. The quantitative estimate of drug-likeness (QED) is 0.842. The zero-order valence-electron chi connectivity index (χ0n) is 10.6. The predicted molar refractivity (Wildman–Crippen MR) is 66.1 cm³/mol. The summed E-state index contributed by atoms with van der Waals surface area (Å²) in [7, 11) is 0. The molecule has 0 radical (unpaired) electrons. The standard InChI is InChI=1S/C13H14F2N2O3/c14-9-2-1-8(10(15)6-9)5-12(18)17-4-3-16-7-11(17)13(19)20/h1-2,6,11,16H,3-5,7H2,(H,19,20). The number of nitrogens with zero attached hydrogens (tertiary/aromatic N) is 1. The van der Waals surface area contributed by atoms with Crippen LogP contribution in [0.4, 0.5) is 8.78 Å². The topological polar surface area (TPSA) is 69.6 Å². The molecule has 2 N–H and O–H groups in total. The monoisotopic (exact) mass is 284 g/mol. The Balaban J connectivity index is 2.12. The van der Waals surface area contributed by atoms with E-state index in [-0.39, 0.29) is 25.1 Å². The Morgan fingerprint density at radius 1 is 1.40 bits per heavy atom. The molecule has 1 amide bonds. The normalized spacial score (nSPS) is 18.9. The van der Waals surface area contributed by atoms with Gasteiger partial charge in [0.1, 0.15) is 17.7 Å². The van der Waals surface area contributed by atoms with Gasteiger partial charge >= 0.3 is 5.97 Å². The molecule has 20 heavy (non-hydrogen) atoms. The predicted octanol–water partition coefficient (Wildman–Crippen LogP) is 0.392. The smallest absolute Gasteiger partial charge is 0.327 e. The van der Waals surface area contributed by atoms with Crippen LogP contribution in [-0.2, 0) is 16.0 Å². The number of hydrogen-bond donors (Lipinski definition) is 2. The molecule has 2 rings (SSSR count). The molecule has 1 aliphatic heterocycles. The molecule has 1 unspecified atom stereocenters. The second-order valence-corrected chi connectivity index (χ2v) is 4.56. The first-order valence-electron chi connectivity index (χ1n) is 6.16. The lowest BCUT2D eigenvalue weighted by Crippen LogP contribution is -2.57. The van der Waals surface area contributed by atoms with Crippen molar-refractivity contribution in [1.82, 2.24) is 10.2 Å². The lowest BCUT2D eigenvalue weighted by molar-refractivity contribution is -0.151. The van der Waals surface area contributed by atoms with Crippen LogP contribution in [0.5, 0.6) is 0 Å². The number of halogens is 2. The summed E-state index contributed by atoms with van der Waals surface area (Å²) < 4.78 is 26.3. The Morgan fingerprint density at radius 2 is 2.15 bits per heavy atom. The highest BCUT2D eigenvalue weighted by Gasteiger charge is 2.31. The number of carboxylic acids is 1. The van der Waals surface area contributed by atoms with E-state index in [1.807, 2.05) is 0 Å². The van der Waals surface area contributed by atoms with Crippen LogP contribution < -0.4 is 5.32 Å². The van der Waals surface area contributed by atoms with Crippen LogP contribution in [0.1, 0.15) is 5.56 Å². The molecule has 1 aliphatic rings. The summed E-state index contributed by atoms with van der Waals surface area (Å²) in [6.45, 7) is 0.896. The molecule has 1 saturated heterocycles. The second kappa shape index (κ2) is 5.96. The van der Waals surface area contributed by atoms with Crippen molar-refractivity contribution in [2.24, 2.45) is 0 Å². The van der Waals surface area contributed by atoms with E-state index in [2.05, 4.69) is 5.32 Å². The average molecular weight is 284 g/mol. The molecular weight excluding hydrogens is 270 g/mol. The highest BCUT2D eigenvalue weighted by atomic mass is 19.1. The van der Waals surface area contributed by atoms with Crippen molar-refractivity contribution in [2.45, 2.75) is 12.5 Å². The molecule has 0 bridgehead atoms. The van der Waals surface area contributed by atoms with Gasteiger partial charge in [0.05, 0.1) is 6.42 Å².